The Morgan fingerprint density at radius 2 is 1.64 bits per heavy atom. The van der Waals surface area contributed by atoms with E-state index in [1.807, 2.05) is 6.92 Å². The zero-order chi connectivity index (χ0) is 37.4. The standard InChI is InChI=1S/C39H42F4N6O4/c1-23(28-5-3-26(19-35(28)53-39(41,42)43)31-22-47(2)38(52)30-21-44-14-9-29(30)31)48-15-10-24(11-16-48)25-12-17-49(18-13-25)34-7-4-27(20-32(34)40)45-33-6-8-36(50)46-37(33)51/h3-5,7,9,14,19-25,33,45H,6,8,10-13,15-18H2,1-2H3,(H,46,50,51). The van der Waals surface area contributed by atoms with Gasteiger partial charge >= 0.3 is 6.36 Å². The first-order chi connectivity index (χ1) is 25.3. The molecule has 2 N–H and O–H groups in total. The average Bonchev–Trinajstić information content (AvgIpc) is 3.14. The summed E-state index contributed by atoms with van der Waals surface area (Å²) >= 11 is 0. The summed E-state index contributed by atoms with van der Waals surface area (Å²) in [4.78, 5) is 44.5. The Balaban J connectivity index is 0.979. The summed E-state index contributed by atoms with van der Waals surface area (Å²) in [6.07, 6.45) is 3.98. The van der Waals surface area contributed by atoms with Gasteiger partial charge < -0.3 is 19.5 Å². The third kappa shape index (κ3) is 7.87. The van der Waals surface area contributed by atoms with Crippen molar-refractivity contribution >= 4 is 34.0 Å². The maximum absolute atomic E-state index is 15.3. The van der Waals surface area contributed by atoms with Crippen molar-refractivity contribution in [2.24, 2.45) is 18.9 Å². The Bertz CT molecular complexity index is 2070. The highest BCUT2D eigenvalue weighted by Gasteiger charge is 2.36. The zero-order valence-corrected chi connectivity index (χ0v) is 29.6. The first-order valence-electron chi connectivity index (χ1n) is 18.1. The van der Waals surface area contributed by atoms with Crippen LogP contribution in [0.2, 0.25) is 0 Å². The molecular weight excluding hydrogens is 692 g/mol. The van der Waals surface area contributed by atoms with Crippen LogP contribution in [-0.2, 0) is 16.6 Å². The van der Waals surface area contributed by atoms with Crippen LogP contribution in [0.5, 0.6) is 5.75 Å². The minimum atomic E-state index is -4.89. The lowest BCUT2D eigenvalue weighted by Crippen LogP contribution is -2.47. The van der Waals surface area contributed by atoms with Crippen LogP contribution >= 0.6 is 0 Å². The highest BCUT2D eigenvalue weighted by molar-refractivity contribution is 6.01. The summed E-state index contributed by atoms with van der Waals surface area (Å²) < 4.78 is 62.5. The lowest BCUT2D eigenvalue weighted by molar-refractivity contribution is -0.275. The number of carbonyl (C=O) groups is 2. The monoisotopic (exact) mass is 734 g/mol. The number of pyridine rings is 2. The van der Waals surface area contributed by atoms with Gasteiger partial charge in [0.2, 0.25) is 11.8 Å². The number of rotatable bonds is 8. The number of fused-ring (bicyclic) bond motifs is 1. The Kier molecular flexibility index (Phi) is 10.2. The van der Waals surface area contributed by atoms with Gasteiger partial charge in [-0.05, 0) is 105 Å². The molecule has 0 bridgehead atoms. The molecule has 280 valence electrons. The van der Waals surface area contributed by atoms with Gasteiger partial charge in [0.1, 0.15) is 17.6 Å². The highest BCUT2D eigenvalue weighted by atomic mass is 19.4. The molecule has 2 aromatic carbocycles. The van der Waals surface area contributed by atoms with Crippen molar-refractivity contribution in [1.29, 1.82) is 0 Å². The molecule has 4 aromatic rings. The van der Waals surface area contributed by atoms with E-state index in [1.165, 1.54) is 22.9 Å². The lowest BCUT2D eigenvalue weighted by atomic mass is 9.78. The van der Waals surface area contributed by atoms with Gasteiger partial charge in [-0.3, -0.25) is 29.6 Å². The van der Waals surface area contributed by atoms with Crippen LogP contribution in [0.4, 0.5) is 28.9 Å². The largest absolute Gasteiger partial charge is 0.573 e. The molecule has 2 aromatic heterocycles. The summed E-state index contributed by atoms with van der Waals surface area (Å²) in [5, 5.41) is 6.30. The SMILES string of the molecule is CC(c1ccc(-c2cn(C)c(=O)c3cnccc23)cc1OC(F)(F)F)N1CCC(C2CCN(c3ccc(NC4CCC(=O)NC4=O)cc3F)CC2)CC1. The predicted octanol–water partition coefficient (Wildman–Crippen LogP) is 6.54. The molecule has 7 rings (SSSR count). The molecule has 2 unspecified atom stereocenters. The molecular formula is C39H42F4N6O4. The third-order valence-electron chi connectivity index (χ3n) is 11.2. The van der Waals surface area contributed by atoms with Crippen molar-refractivity contribution < 1.29 is 31.9 Å². The summed E-state index contributed by atoms with van der Waals surface area (Å²) in [6, 6.07) is 10.5. The number of hydrogen-bond donors (Lipinski definition) is 2. The van der Waals surface area contributed by atoms with E-state index in [-0.39, 0.29) is 35.5 Å². The van der Waals surface area contributed by atoms with E-state index in [1.54, 1.807) is 49.8 Å². The molecule has 10 nitrogen and oxygen atoms in total. The van der Waals surface area contributed by atoms with Gasteiger partial charge in [-0.15, -0.1) is 13.2 Å². The molecule has 3 saturated heterocycles. The maximum Gasteiger partial charge on any atom is 0.573 e. The first kappa shape index (κ1) is 36.4. The molecule has 2 amide bonds. The number of nitrogens with zero attached hydrogens (tertiary/aromatic N) is 4. The summed E-state index contributed by atoms with van der Waals surface area (Å²) in [6.45, 7) is 4.79. The Labute approximate surface area is 304 Å². The number of imide groups is 1. The number of halogens is 4. The van der Waals surface area contributed by atoms with Crippen LogP contribution in [-0.4, -0.2) is 64.8 Å². The second-order valence-corrected chi connectivity index (χ2v) is 14.4. The minimum Gasteiger partial charge on any atom is -0.405 e. The number of aryl methyl sites for hydroxylation is 1. The number of ether oxygens (including phenoxy) is 1. The number of piperidine rings is 3. The molecule has 14 heteroatoms. The Hall–Kier alpha value is -4.98. The van der Waals surface area contributed by atoms with Crippen LogP contribution in [0.25, 0.3) is 21.9 Å². The van der Waals surface area contributed by atoms with Crippen LogP contribution in [0.15, 0.2) is 65.8 Å². The van der Waals surface area contributed by atoms with Gasteiger partial charge in [0.05, 0.1) is 11.1 Å². The molecule has 0 aliphatic carbocycles. The van der Waals surface area contributed by atoms with Crippen LogP contribution in [0.3, 0.4) is 0 Å². The first-order valence-corrected chi connectivity index (χ1v) is 18.1. The number of hydrogen-bond acceptors (Lipinski definition) is 8. The topological polar surface area (TPSA) is 109 Å². The molecule has 3 fully saturated rings. The molecule has 0 radical (unpaired) electrons. The second-order valence-electron chi connectivity index (χ2n) is 14.4. The summed E-state index contributed by atoms with van der Waals surface area (Å²) in [5.74, 6) is -0.415. The number of amides is 2. The number of anilines is 2. The second kappa shape index (κ2) is 14.8. The quantitative estimate of drug-likeness (QED) is 0.155. The fraction of sp³-hybridized carbons (Fsp3) is 0.436. The van der Waals surface area contributed by atoms with Crippen LogP contribution in [0.1, 0.15) is 57.1 Å². The normalized spacial score (nSPS) is 20.0. The minimum absolute atomic E-state index is 0.236. The molecule has 53 heavy (non-hydrogen) atoms. The van der Waals surface area contributed by atoms with Crippen LogP contribution in [0, 0.1) is 17.7 Å². The number of likely N-dealkylation sites (tertiary alicyclic amines) is 1. The number of benzene rings is 2. The molecule has 0 saturated carbocycles. The number of nitrogens with one attached hydrogen (secondary N) is 2. The van der Waals surface area contributed by atoms with Crippen molar-refractivity contribution in [3.8, 4) is 16.9 Å². The van der Waals surface area contributed by atoms with Crippen molar-refractivity contribution in [1.82, 2.24) is 19.8 Å². The lowest BCUT2D eigenvalue weighted by Gasteiger charge is -2.42. The van der Waals surface area contributed by atoms with Crippen molar-refractivity contribution in [2.75, 3.05) is 36.4 Å². The van der Waals surface area contributed by atoms with Gasteiger partial charge in [0.25, 0.3) is 5.56 Å². The van der Waals surface area contributed by atoms with E-state index < -0.39 is 18.3 Å². The van der Waals surface area contributed by atoms with Crippen molar-refractivity contribution in [2.45, 2.75) is 63.9 Å². The van der Waals surface area contributed by atoms with E-state index >= 15 is 4.39 Å². The van der Waals surface area contributed by atoms with E-state index in [0.717, 1.165) is 38.8 Å². The van der Waals surface area contributed by atoms with Gasteiger partial charge in [-0.2, -0.15) is 0 Å². The zero-order valence-electron chi connectivity index (χ0n) is 29.6. The molecule has 5 heterocycles. The molecule has 3 aliphatic rings. The van der Waals surface area contributed by atoms with E-state index in [2.05, 4.69) is 30.2 Å². The van der Waals surface area contributed by atoms with E-state index in [0.29, 0.717) is 70.2 Å². The number of alkyl halides is 3. The van der Waals surface area contributed by atoms with Crippen molar-refractivity contribution in [3.63, 3.8) is 0 Å². The van der Waals surface area contributed by atoms with E-state index in [4.69, 9.17) is 0 Å². The predicted molar refractivity (Wildman–Crippen MR) is 193 cm³/mol. The molecule has 3 aliphatic heterocycles. The molecule has 2 atom stereocenters. The average molecular weight is 735 g/mol. The van der Waals surface area contributed by atoms with E-state index in [9.17, 15) is 27.6 Å². The van der Waals surface area contributed by atoms with Gasteiger partial charge in [0, 0.05) is 68.0 Å². The number of aromatic nitrogens is 2. The van der Waals surface area contributed by atoms with Gasteiger partial charge in [0.15, 0.2) is 0 Å². The Morgan fingerprint density at radius 1 is 0.925 bits per heavy atom. The fourth-order valence-corrected chi connectivity index (χ4v) is 8.27. The maximum atomic E-state index is 15.3. The van der Waals surface area contributed by atoms with Crippen molar-refractivity contribution in [3.05, 3.63) is 82.8 Å². The number of carbonyl (C=O) groups excluding carboxylic acids is 2. The summed E-state index contributed by atoms with van der Waals surface area (Å²) in [7, 11) is 1.60. The van der Waals surface area contributed by atoms with Gasteiger partial charge in [-0.1, -0.05) is 12.1 Å². The smallest absolute Gasteiger partial charge is 0.405 e. The summed E-state index contributed by atoms with van der Waals surface area (Å²) in [5.41, 5.74) is 2.30. The highest BCUT2D eigenvalue weighted by Crippen LogP contribution is 2.41. The third-order valence-corrected chi connectivity index (χ3v) is 11.2. The molecule has 0 spiro atoms. The van der Waals surface area contributed by atoms with Crippen LogP contribution < -0.4 is 25.8 Å². The van der Waals surface area contributed by atoms with Gasteiger partial charge in [-0.25, -0.2) is 4.39 Å². The Morgan fingerprint density at radius 3 is 2.32 bits per heavy atom. The fourth-order valence-electron chi connectivity index (χ4n) is 8.27.